The largest absolute Gasteiger partial charge is 0.466 e. The van der Waals surface area contributed by atoms with Crippen LogP contribution in [0.15, 0.2) is 53.7 Å². The molecular formula is C24H22F3N5O4. The quantitative estimate of drug-likeness (QED) is 0.536. The van der Waals surface area contributed by atoms with Gasteiger partial charge >= 0.3 is 18.2 Å². The summed E-state index contributed by atoms with van der Waals surface area (Å²) >= 11 is 0. The molecule has 1 aliphatic heterocycles. The van der Waals surface area contributed by atoms with E-state index in [2.05, 4.69) is 0 Å². The van der Waals surface area contributed by atoms with Gasteiger partial charge in [-0.1, -0.05) is 12.1 Å². The van der Waals surface area contributed by atoms with Crippen LogP contribution in [0.25, 0.3) is 0 Å². The molecule has 1 atom stereocenters. The number of amides is 2. The van der Waals surface area contributed by atoms with Crippen molar-refractivity contribution in [1.82, 2.24) is 4.90 Å². The second-order valence-electron chi connectivity index (χ2n) is 7.81. The molecule has 0 fully saturated rings. The van der Waals surface area contributed by atoms with Crippen molar-refractivity contribution >= 4 is 23.6 Å². The number of nitrogens with zero attached hydrogens (tertiary/aromatic N) is 3. The number of esters is 1. The van der Waals surface area contributed by atoms with E-state index in [4.69, 9.17) is 15.9 Å². The van der Waals surface area contributed by atoms with Gasteiger partial charge in [-0.3, -0.25) is 15.2 Å². The van der Waals surface area contributed by atoms with Crippen LogP contribution in [0.4, 0.5) is 23.7 Å². The predicted molar refractivity (Wildman–Crippen MR) is 122 cm³/mol. The lowest BCUT2D eigenvalue weighted by Crippen LogP contribution is -2.55. The molecule has 9 nitrogen and oxygen atoms in total. The molecule has 188 valence electrons. The molecule has 0 saturated heterocycles. The number of benzene rings is 2. The van der Waals surface area contributed by atoms with Crippen LogP contribution in [0.1, 0.15) is 35.2 Å². The molecular weight excluding hydrogens is 479 g/mol. The summed E-state index contributed by atoms with van der Waals surface area (Å²) in [5.74, 6) is -1.51. The molecule has 0 aromatic heterocycles. The standard InChI is InChI=1S/C24H22F3N5O4/c1-13-19(21(34)36-2)20(18-7-6-14(12-28)10-15(18)8-9-33)32(23(30)35)22(29)31(13)17-5-3-4-16(11-17)24(25,26)27/h3-7,10-11,20,29,33H,8-9H2,1-2H3,(H2,30,35). The van der Waals surface area contributed by atoms with E-state index in [0.717, 1.165) is 35.1 Å². The molecule has 4 N–H and O–H groups in total. The number of nitrogens with two attached hydrogens (primary N) is 1. The van der Waals surface area contributed by atoms with Crippen molar-refractivity contribution in [2.24, 2.45) is 5.73 Å². The van der Waals surface area contributed by atoms with Crippen molar-refractivity contribution in [2.45, 2.75) is 25.6 Å². The first-order chi connectivity index (χ1) is 17.0. The molecule has 0 saturated carbocycles. The number of aliphatic hydroxyl groups excluding tert-OH is 1. The van der Waals surface area contributed by atoms with Crippen molar-refractivity contribution < 1.29 is 32.6 Å². The van der Waals surface area contributed by atoms with E-state index in [1.54, 1.807) is 0 Å². The predicted octanol–water partition coefficient (Wildman–Crippen LogP) is 3.44. The fourth-order valence-corrected chi connectivity index (χ4v) is 4.15. The Morgan fingerprint density at radius 2 is 1.94 bits per heavy atom. The Labute approximate surface area is 204 Å². The highest BCUT2D eigenvalue weighted by Crippen LogP contribution is 2.42. The van der Waals surface area contributed by atoms with Gasteiger partial charge in [0.25, 0.3) is 0 Å². The number of ether oxygens (including phenoxy) is 1. The van der Waals surface area contributed by atoms with Crippen molar-refractivity contribution in [3.8, 4) is 6.07 Å². The average molecular weight is 501 g/mol. The first kappa shape index (κ1) is 26.2. The van der Waals surface area contributed by atoms with Crippen LogP contribution in [0.5, 0.6) is 0 Å². The minimum atomic E-state index is -4.68. The molecule has 0 bridgehead atoms. The highest BCUT2D eigenvalue weighted by atomic mass is 19.4. The number of rotatable bonds is 5. The Morgan fingerprint density at radius 1 is 1.25 bits per heavy atom. The van der Waals surface area contributed by atoms with E-state index < -0.39 is 35.7 Å². The number of alkyl halides is 3. The number of hydrogen-bond donors (Lipinski definition) is 3. The number of anilines is 1. The molecule has 2 amide bonds. The summed E-state index contributed by atoms with van der Waals surface area (Å²) < 4.78 is 45.0. The topological polar surface area (TPSA) is 144 Å². The van der Waals surface area contributed by atoms with Gasteiger partial charge in [0.2, 0.25) is 5.96 Å². The van der Waals surface area contributed by atoms with E-state index in [-0.39, 0.29) is 41.1 Å². The lowest BCUT2D eigenvalue weighted by atomic mass is 9.88. The molecule has 12 heteroatoms. The molecule has 0 radical (unpaired) electrons. The van der Waals surface area contributed by atoms with Crippen molar-refractivity contribution in [3.63, 3.8) is 0 Å². The number of allylic oxidation sites excluding steroid dienone is 1. The monoisotopic (exact) mass is 501 g/mol. The van der Waals surface area contributed by atoms with Gasteiger partial charge in [0.05, 0.1) is 29.9 Å². The number of carbonyl (C=O) groups excluding carboxylic acids is 2. The van der Waals surface area contributed by atoms with Gasteiger partial charge in [-0.25, -0.2) is 9.59 Å². The first-order valence-corrected chi connectivity index (χ1v) is 10.5. The number of primary amides is 1. The molecule has 0 spiro atoms. The fraction of sp³-hybridized carbons (Fsp3) is 0.250. The number of nitriles is 1. The van der Waals surface area contributed by atoms with Gasteiger partial charge in [0, 0.05) is 18.0 Å². The number of nitrogens with one attached hydrogen (secondary N) is 1. The molecule has 1 unspecified atom stereocenters. The van der Waals surface area contributed by atoms with Crippen LogP contribution in [0.2, 0.25) is 0 Å². The second kappa shape index (κ2) is 10.1. The second-order valence-corrected chi connectivity index (χ2v) is 7.81. The minimum Gasteiger partial charge on any atom is -0.466 e. The highest BCUT2D eigenvalue weighted by molar-refractivity contribution is 6.10. The summed E-state index contributed by atoms with van der Waals surface area (Å²) in [6.07, 6.45) is -4.63. The first-order valence-electron chi connectivity index (χ1n) is 10.5. The van der Waals surface area contributed by atoms with Crippen LogP contribution in [0, 0.1) is 16.7 Å². The zero-order valence-corrected chi connectivity index (χ0v) is 19.3. The van der Waals surface area contributed by atoms with Crippen LogP contribution in [-0.4, -0.2) is 41.7 Å². The summed E-state index contributed by atoms with van der Waals surface area (Å²) in [5.41, 5.74) is 5.31. The van der Waals surface area contributed by atoms with Gasteiger partial charge in [-0.05, 0) is 54.8 Å². The number of halogens is 3. The highest BCUT2D eigenvalue weighted by Gasteiger charge is 2.44. The van der Waals surface area contributed by atoms with Gasteiger partial charge in [0.15, 0.2) is 0 Å². The molecule has 1 heterocycles. The Kier molecular flexibility index (Phi) is 7.35. The maximum Gasteiger partial charge on any atom is 0.416 e. The Balaban J connectivity index is 2.35. The minimum absolute atomic E-state index is 0.0352. The summed E-state index contributed by atoms with van der Waals surface area (Å²) in [4.78, 5) is 27.4. The number of methoxy groups -OCH3 is 1. The SMILES string of the molecule is COC(=O)C1=C(C)N(c2cccc(C(F)(F)F)c2)C(=N)N(C(N)=O)C1c1ccc(C#N)cc1CCO. The molecule has 2 aromatic rings. The summed E-state index contributed by atoms with van der Waals surface area (Å²) in [6.45, 7) is 1.08. The van der Waals surface area contributed by atoms with E-state index in [0.29, 0.717) is 5.56 Å². The third-order valence-electron chi connectivity index (χ3n) is 5.72. The number of urea groups is 1. The molecule has 1 aliphatic rings. The van der Waals surface area contributed by atoms with E-state index in [1.165, 1.54) is 31.2 Å². The molecule has 0 aliphatic carbocycles. The zero-order valence-electron chi connectivity index (χ0n) is 19.3. The van der Waals surface area contributed by atoms with Crippen molar-refractivity contribution in [3.05, 3.63) is 76.0 Å². The summed E-state index contributed by atoms with van der Waals surface area (Å²) in [5, 5.41) is 27.6. The lowest BCUT2D eigenvalue weighted by molar-refractivity contribution is -0.138. The molecule has 2 aromatic carbocycles. The van der Waals surface area contributed by atoms with Crippen LogP contribution >= 0.6 is 0 Å². The zero-order chi connectivity index (χ0) is 26.8. The third-order valence-corrected chi connectivity index (χ3v) is 5.72. The number of aliphatic hydroxyl groups is 1. The maximum atomic E-state index is 13.4. The molecule has 3 rings (SSSR count). The Hall–Kier alpha value is -4.37. The average Bonchev–Trinajstić information content (AvgIpc) is 2.83. The van der Waals surface area contributed by atoms with E-state index in [9.17, 15) is 33.1 Å². The normalized spacial score (nSPS) is 16.1. The number of hydrogen-bond acceptors (Lipinski definition) is 6. The Morgan fingerprint density at radius 3 is 2.50 bits per heavy atom. The van der Waals surface area contributed by atoms with Crippen LogP contribution in [-0.2, 0) is 22.1 Å². The number of guanidine groups is 1. The van der Waals surface area contributed by atoms with Crippen molar-refractivity contribution in [2.75, 3.05) is 18.6 Å². The fourth-order valence-electron chi connectivity index (χ4n) is 4.15. The summed E-state index contributed by atoms with van der Waals surface area (Å²) in [7, 11) is 1.09. The van der Waals surface area contributed by atoms with E-state index >= 15 is 0 Å². The van der Waals surface area contributed by atoms with Gasteiger partial charge in [-0.2, -0.15) is 18.4 Å². The lowest BCUT2D eigenvalue weighted by Gasteiger charge is -2.43. The van der Waals surface area contributed by atoms with Gasteiger partial charge < -0.3 is 15.6 Å². The number of carbonyl (C=O) groups is 2. The van der Waals surface area contributed by atoms with Crippen LogP contribution in [0.3, 0.4) is 0 Å². The van der Waals surface area contributed by atoms with E-state index in [1.807, 2.05) is 6.07 Å². The summed E-state index contributed by atoms with van der Waals surface area (Å²) in [6, 6.07) is 7.93. The van der Waals surface area contributed by atoms with Crippen molar-refractivity contribution in [1.29, 1.82) is 10.7 Å². The Bertz CT molecular complexity index is 1300. The van der Waals surface area contributed by atoms with Gasteiger partial charge in [0.1, 0.15) is 6.04 Å². The van der Waals surface area contributed by atoms with Gasteiger partial charge in [-0.15, -0.1) is 0 Å². The smallest absolute Gasteiger partial charge is 0.416 e. The van der Waals surface area contributed by atoms with Crippen LogP contribution < -0.4 is 10.6 Å². The third kappa shape index (κ3) is 4.73. The maximum absolute atomic E-state index is 13.4. The molecule has 36 heavy (non-hydrogen) atoms.